The Labute approximate surface area is 196 Å². The van der Waals surface area contributed by atoms with Crippen LogP contribution in [0.5, 0.6) is 0 Å². The van der Waals surface area contributed by atoms with Gasteiger partial charge in [-0.25, -0.2) is 0 Å². The molecule has 1 aromatic heterocycles. The van der Waals surface area contributed by atoms with E-state index in [4.69, 9.17) is 16.3 Å². The molecular formula is C26H34ClN3O2. The zero-order chi connectivity index (χ0) is 22.5. The molecule has 4 atom stereocenters. The Bertz CT molecular complexity index is 919. The van der Waals surface area contributed by atoms with Crippen molar-refractivity contribution in [2.45, 2.75) is 58.2 Å². The first-order chi connectivity index (χ1) is 15.5. The van der Waals surface area contributed by atoms with Gasteiger partial charge in [-0.05, 0) is 75.8 Å². The molecular weight excluding hydrogens is 422 g/mol. The predicted octanol–water partition coefficient (Wildman–Crippen LogP) is 5.13. The summed E-state index contributed by atoms with van der Waals surface area (Å²) in [5.74, 6) is 0.954. The number of benzene rings is 1. The predicted molar refractivity (Wildman–Crippen MR) is 130 cm³/mol. The molecule has 0 aliphatic carbocycles. The molecule has 2 saturated heterocycles. The average molecular weight is 456 g/mol. The lowest BCUT2D eigenvalue weighted by molar-refractivity contribution is -0.122. The van der Waals surface area contributed by atoms with E-state index in [1.54, 1.807) is 6.20 Å². The highest BCUT2D eigenvalue weighted by Gasteiger charge is 2.24. The number of aromatic nitrogens is 1. The molecule has 4 rings (SSSR count). The van der Waals surface area contributed by atoms with Crippen LogP contribution in [0.15, 0.2) is 36.5 Å². The third-order valence-corrected chi connectivity index (χ3v) is 6.88. The molecule has 0 amide bonds. The first-order valence-electron chi connectivity index (χ1n) is 11.9. The monoisotopic (exact) mass is 455 g/mol. The number of nitrogens with zero attached hydrogens (tertiary/aromatic N) is 1. The summed E-state index contributed by atoms with van der Waals surface area (Å²) in [6.07, 6.45) is 6.85. The standard InChI is InChI=1S/C26H34ClN3O2/c1-17-9-19(10-18(2)32-17)14-29-22-7-3-5-20(11-22)24-12-23(30-16-25(24)27)13-26(31)21-6-4-8-28-15-21/h3,5,7,11-12,16-19,21,28-29H,4,6,8-10,13-15H2,1-2H3/t17-,18+,19?,21-/m1/s1. The van der Waals surface area contributed by atoms with E-state index in [-0.39, 0.29) is 11.7 Å². The number of carbonyl (C=O) groups is 1. The number of hydrogen-bond donors (Lipinski definition) is 2. The van der Waals surface area contributed by atoms with Crippen LogP contribution in [-0.2, 0) is 16.0 Å². The van der Waals surface area contributed by atoms with Gasteiger partial charge in [0.25, 0.3) is 0 Å². The van der Waals surface area contributed by atoms with Gasteiger partial charge in [0.1, 0.15) is 5.78 Å². The molecule has 1 unspecified atom stereocenters. The maximum atomic E-state index is 12.7. The van der Waals surface area contributed by atoms with Crippen molar-refractivity contribution in [3.05, 3.63) is 47.2 Å². The fraction of sp³-hybridized carbons (Fsp3) is 0.538. The van der Waals surface area contributed by atoms with Crippen LogP contribution in [0.3, 0.4) is 0 Å². The fourth-order valence-electron chi connectivity index (χ4n) is 5.02. The lowest BCUT2D eigenvalue weighted by Crippen LogP contribution is -2.35. The van der Waals surface area contributed by atoms with E-state index in [1.165, 1.54) is 0 Å². The Balaban J connectivity index is 1.43. The van der Waals surface area contributed by atoms with Crippen LogP contribution in [0, 0.1) is 11.8 Å². The normalized spacial score (nSPS) is 26.0. The Morgan fingerprint density at radius 2 is 2.06 bits per heavy atom. The van der Waals surface area contributed by atoms with Gasteiger partial charge in [-0.15, -0.1) is 0 Å². The summed E-state index contributed by atoms with van der Waals surface area (Å²) in [5.41, 5.74) is 3.81. The maximum Gasteiger partial charge on any atom is 0.143 e. The summed E-state index contributed by atoms with van der Waals surface area (Å²) in [6, 6.07) is 10.3. The molecule has 0 bridgehead atoms. The van der Waals surface area contributed by atoms with Crippen molar-refractivity contribution in [3.8, 4) is 11.1 Å². The number of rotatable bonds is 7. The number of piperidine rings is 1. The quantitative estimate of drug-likeness (QED) is 0.606. The van der Waals surface area contributed by atoms with Crippen LogP contribution in [0.25, 0.3) is 11.1 Å². The third kappa shape index (κ3) is 6.09. The second kappa shape index (κ2) is 10.8. The van der Waals surface area contributed by atoms with Gasteiger partial charge in [0.05, 0.1) is 17.2 Å². The smallest absolute Gasteiger partial charge is 0.143 e. The number of nitrogens with one attached hydrogen (secondary N) is 2. The van der Waals surface area contributed by atoms with E-state index in [9.17, 15) is 4.79 Å². The summed E-state index contributed by atoms with van der Waals surface area (Å²) in [7, 11) is 0. The second-order valence-corrected chi connectivity index (χ2v) is 9.81. The van der Waals surface area contributed by atoms with E-state index < -0.39 is 0 Å². The zero-order valence-corrected chi connectivity index (χ0v) is 19.8. The molecule has 0 radical (unpaired) electrons. The largest absolute Gasteiger partial charge is 0.385 e. The summed E-state index contributed by atoms with van der Waals surface area (Å²) in [6.45, 7) is 7.02. The summed E-state index contributed by atoms with van der Waals surface area (Å²) in [5, 5.41) is 7.52. The fourth-order valence-corrected chi connectivity index (χ4v) is 5.23. The zero-order valence-electron chi connectivity index (χ0n) is 19.1. The summed E-state index contributed by atoms with van der Waals surface area (Å²) < 4.78 is 5.86. The maximum absolute atomic E-state index is 12.7. The summed E-state index contributed by atoms with van der Waals surface area (Å²) in [4.78, 5) is 17.1. The molecule has 3 heterocycles. The first-order valence-corrected chi connectivity index (χ1v) is 12.2. The molecule has 32 heavy (non-hydrogen) atoms. The van der Waals surface area contributed by atoms with Gasteiger partial charge in [0.15, 0.2) is 0 Å². The van der Waals surface area contributed by atoms with Crippen LogP contribution in [0.1, 0.15) is 45.2 Å². The SMILES string of the molecule is C[C@@H]1CC(CNc2cccc(-c3cc(CC(=O)[C@@H]4CCCNC4)ncc3Cl)c2)C[C@H](C)O1. The number of carbonyl (C=O) groups excluding carboxylic acids is 1. The van der Waals surface area contributed by atoms with Crippen LogP contribution < -0.4 is 10.6 Å². The Morgan fingerprint density at radius 1 is 1.25 bits per heavy atom. The molecule has 2 aliphatic heterocycles. The van der Waals surface area contributed by atoms with E-state index in [1.807, 2.05) is 12.1 Å². The van der Waals surface area contributed by atoms with Crippen LogP contribution >= 0.6 is 11.6 Å². The molecule has 2 aromatic rings. The lowest BCUT2D eigenvalue weighted by Gasteiger charge is -2.32. The van der Waals surface area contributed by atoms with Crippen molar-refractivity contribution < 1.29 is 9.53 Å². The number of ketones is 1. The second-order valence-electron chi connectivity index (χ2n) is 9.40. The van der Waals surface area contributed by atoms with E-state index >= 15 is 0 Å². The number of anilines is 1. The summed E-state index contributed by atoms with van der Waals surface area (Å²) >= 11 is 6.51. The minimum atomic E-state index is 0.0906. The number of ether oxygens (including phenoxy) is 1. The van der Waals surface area contributed by atoms with E-state index in [0.29, 0.717) is 29.6 Å². The minimum Gasteiger partial charge on any atom is -0.385 e. The van der Waals surface area contributed by atoms with Crippen LogP contribution in [0.2, 0.25) is 5.02 Å². The van der Waals surface area contributed by atoms with Gasteiger partial charge < -0.3 is 15.4 Å². The van der Waals surface area contributed by atoms with Crippen molar-refractivity contribution in [1.29, 1.82) is 0 Å². The van der Waals surface area contributed by atoms with Crippen LogP contribution in [-0.4, -0.2) is 42.6 Å². The van der Waals surface area contributed by atoms with Gasteiger partial charge in [0.2, 0.25) is 0 Å². The molecule has 2 fully saturated rings. The third-order valence-electron chi connectivity index (χ3n) is 6.58. The van der Waals surface area contributed by atoms with Gasteiger partial charge >= 0.3 is 0 Å². The molecule has 172 valence electrons. The lowest BCUT2D eigenvalue weighted by atomic mass is 9.92. The first kappa shape index (κ1) is 23.2. The van der Waals surface area contributed by atoms with Crippen molar-refractivity contribution in [2.75, 3.05) is 25.0 Å². The van der Waals surface area contributed by atoms with Gasteiger partial charge in [0, 0.05) is 48.6 Å². The topological polar surface area (TPSA) is 63.2 Å². The van der Waals surface area contributed by atoms with Crippen molar-refractivity contribution in [2.24, 2.45) is 11.8 Å². The number of halogens is 1. The molecule has 2 aliphatic rings. The highest BCUT2D eigenvalue weighted by molar-refractivity contribution is 6.33. The van der Waals surface area contributed by atoms with Crippen molar-refractivity contribution >= 4 is 23.1 Å². The molecule has 1 aromatic carbocycles. The highest BCUT2D eigenvalue weighted by atomic mass is 35.5. The number of Topliss-reactive ketones (excluding diaryl/α,β-unsaturated/α-hetero) is 1. The molecule has 6 heteroatoms. The van der Waals surface area contributed by atoms with Crippen molar-refractivity contribution in [3.63, 3.8) is 0 Å². The Morgan fingerprint density at radius 3 is 2.81 bits per heavy atom. The van der Waals surface area contributed by atoms with E-state index in [0.717, 1.165) is 67.8 Å². The Hall–Kier alpha value is -1.95. The Kier molecular flexibility index (Phi) is 7.82. The average Bonchev–Trinajstić information content (AvgIpc) is 2.79. The van der Waals surface area contributed by atoms with Crippen LogP contribution in [0.4, 0.5) is 5.69 Å². The number of hydrogen-bond acceptors (Lipinski definition) is 5. The van der Waals surface area contributed by atoms with Gasteiger partial charge in [-0.2, -0.15) is 0 Å². The molecule has 2 N–H and O–H groups in total. The van der Waals surface area contributed by atoms with Gasteiger partial charge in [-0.3, -0.25) is 9.78 Å². The minimum absolute atomic E-state index is 0.0906. The number of pyridine rings is 1. The molecule has 0 saturated carbocycles. The molecule has 5 nitrogen and oxygen atoms in total. The van der Waals surface area contributed by atoms with Crippen molar-refractivity contribution in [1.82, 2.24) is 10.3 Å². The molecule has 0 spiro atoms. The highest BCUT2D eigenvalue weighted by Crippen LogP contribution is 2.31. The van der Waals surface area contributed by atoms with E-state index in [2.05, 4.69) is 47.7 Å². The van der Waals surface area contributed by atoms with Gasteiger partial charge in [-0.1, -0.05) is 23.7 Å².